The summed E-state index contributed by atoms with van der Waals surface area (Å²) in [5.74, 6) is -5.29. The van der Waals surface area contributed by atoms with Gasteiger partial charge in [0, 0.05) is 29.7 Å². The normalized spacial score (nSPS) is 19.9. The summed E-state index contributed by atoms with van der Waals surface area (Å²) in [6, 6.07) is 5.96. The summed E-state index contributed by atoms with van der Waals surface area (Å²) in [5, 5.41) is 14.3. The maximum absolute atomic E-state index is 13.0. The van der Waals surface area contributed by atoms with Crippen molar-refractivity contribution >= 4 is 29.0 Å². The summed E-state index contributed by atoms with van der Waals surface area (Å²) in [7, 11) is 0. The Hall–Kier alpha value is -2.62. The van der Waals surface area contributed by atoms with Gasteiger partial charge in [0.25, 0.3) is 0 Å². The number of amides is 2. The first kappa shape index (κ1) is 19.2. The van der Waals surface area contributed by atoms with Gasteiger partial charge in [0.2, 0.25) is 0 Å². The van der Waals surface area contributed by atoms with Gasteiger partial charge in [0.1, 0.15) is 0 Å². The molecule has 0 aliphatic carbocycles. The van der Waals surface area contributed by atoms with Gasteiger partial charge in [-0.25, -0.2) is 9.78 Å². The van der Waals surface area contributed by atoms with Crippen LogP contribution >= 0.6 is 11.3 Å². The number of nitrogens with zero attached hydrogens (tertiary/aromatic N) is 2. The van der Waals surface area contributed by atoms with E-state index in [2.05, 4.69) is 10.3 Å². The van der Waals surface area contributed by atoms with Crippen molar-refractivity contribution < 1.29 is 27.9 Å². The second-order valence-electron chi connectivity index (χ2n) is 6.26. The van der Waals surface area contributed by atoms with E-state index < -0.39 is 43.1 Å². The standard InChI is InChI=1S/C17H16F3N3O3S/c1-9-21-14(8-27-9)10-2-4-11(5-3-10)22-16(26)23-6-12(15(24)25)13(7-23)17(18,19)20/h2-5,8,12-13H,6-7H2,1H3,(H,22,26)(H,24,25)/t12-,13-/m1/s1. The van der Waals surface area contributed by atoms with Crippen LogP contribution < -0.4 is 5.32 Å². The molecule has 1 aliphatic rings. The summed E-state index contributed by atoms with van der Waals surface area (Å²) in [5.41, 5.74) is 2.05. The van der Waals surface area contributed by atoms with Crippen molar-refractivity contribution in [3.8, 4) is 11.3 Å². The van der Waals surface area contributed by atoms with Crippen molar-refractivity contribution in [2.45, 2.75) is 13.1 Å². The zero-order valence-corrected chi connectivity index (χ0v) is 15.0. The third-order valence-electron chi connectivity index (χ3n) is 4.40. The van der Waals surface area contributed by atoms with Gasteiger partial charge in [0.05, 0.1) is 22.5 Å². The van der Waals surface area contributed by atoms with Crippen molar-refractivity contribution in [3.05, 3.63) is 34.7 Å². The van der Waals surface area contributed by atoms with Crippen molar-refractivity contribution in [2.24, 2.45) is 11.8 Å². The average Bonchev–Trinajstić information content (AvgIpc) is 3.22. The number of anilines is 1. The second kappa shape index (κ2) is 7.18. The Morgan fingerprint density at radius 3 is 2.41 bits per heavy atom. The fourth-order valence-corrected chi connectivity index (χ4v) is 3.60. The van der Waals surface area contributed by atoms with Crippen LogP contribution in [0.5, 0.6) is 0 Å². The van der Waals surface area contributed by atoms with E-state index in [1.54, 1.807) is 24.3 Å². The molecule has 2 atom stereocenters. The molecule has 2 heterocycles. The predicted octanol–water partition coefficient (Wildman–Crippen LogP) is 3.85. The highest BCUT2D eigenvalue weighted by molar-refractivity contribution is 7.09. The van der Waals surface area contributed by atoms with Crippen LogP contribution in [-0.2, 0) is 4.79 Å². The first-order valence-corrected chi connectivity index (χ1v) is 8.91. The highest BCUT2D eigenvalue weighted by Gasteiger charge is 2.53. The van der Waals surface area contributed by atoms with Crippen LogP contribution in [0.2, 0.25) is 0 Å². The lowest BCUT2D eigenvalue weighted by molar-refractivity contribution is -0.187. The fraction of sp³-hybridized carbons (Fsp3) is 0.353. The zero-order valence-electron chi connectivity index (χ0n) is 14.2. The zero-order chi connectivity index (χ0) is 19.8. The monoisotopic (exact) mass is 399 g/mol. The van der Waals surface area contributed by atoms with Gasteiger partial charge in [-0.15, -0.1) is 11.3 Å². The summed E-state index contributed by atoms with van der Waals surface area (Å²) >= 11 is 1.51. The number of halogens is 3. The van der Waals surface area contributed by atoms with Crippen LogP contribution in [0.15, 0.2) is 29.6 Å². The van der Waals surface area contributed by atoms with E-state index in [9.17, 15) is 22.8 Å². The summed E-state index contributed by atoms with van der Waals surface area (Å²) < 4.78 is 39.0. The topological polar surface area (TPSA) is 82.5 Å². The van der Waals surface area contributed by atoms with Crippen LogP contribution in [0, 0.1) is 18.8 Å². The highest BCUT2D eigenvalue weighted by Crippen LogP contribution is 2.38. The van der Waals surface area contributed by atoms with E-state index in [1.165, 1.54) is 11.3 Å². The minimum absolute atomic E-state index is 0.401. The molecule has 0 saturated carbocycles. The molecule has 1 aliphatic heterocycles. The molecule has 2 aromatic rings. The number of likely N-dealkylation sites (tertiary alicyclic amines) is 1. The first-order chi connectivity index (χ1) is 12.6. The number of aryl methyl sites for hydroxylation is 1. The smallest absolute Gasteiger partial charge is 0.394 e. The maximum atomic E-state index is 13.0. The van der Waals surface area contributed by atoms with Crippen molar-refractivity contribution in [3.63, 3.8) is 0 Å². The molecule has 0 bridgehead atoms. The molecule has 2 N–H and O–H groups in total. The Morgan fingerprint density at radius 2 is 1.93 bits per heavy atom. The Balaban J connectivity index is 1.67. The van der Waals surface area contributed by atoms with Crippen LogP contribution in [0.4, 0.5) is 23.7 Å². The van der Waals surface area contributed by atoms with E-state index in [4.69, 9.17) is 5.11 Å². The van der Waals surface area contributed by atoms with Gasteiger partial charge >= 0.3 is 18.2 Å². The molecular formula is C17H16F3N3O3S. The number of alkyl halides is 3. The number of hydrogen-bond donors (Lipinski definition) is 2. The minimum atomic E-state index is -4.68. The van der Waals surface area contributed by atoms with Crippen molar-refractivity contribution in [2.75, 3.05) is 18.4 Å². The van der Waals surface area contributed by atoms with Gasteiger partial charge < -0.3 is 15.3 Å². The number of benzene rings is 1. The molecule has 144 valence electrons. The minimum Gasteiger partial charge on any atom is -0.481 e. The highest BCUT2D eigenvalue weighted by atomic mass is 32.1. The third-order valence-corrected chi connectivity index (χ3v) is 5.17. The van der Waals surface area contributed by atoms with Crippen LogP contribution in [-0.4, -0.2) is 46.3 Å². The van der Waals surface area contributed by atoms with Gasteiger partial charge in [-0.1, -0.05) is 12.1 Å². The lowest BCUT2D eigenvalue weighted by Crippen LogP contribution is -2.35. The van der Waals surface area contributed by atoms with E-state index in [0.29, 0.717) is 5.69 Å². The van der Waals surface area contributed by atoms with Gasteiger partial charge in [0.15, 0.2) is 0 Å². The summed E-state index contributed by atoms with van der Waals surface area (Å²) in [6.45, 7) is 0.724. The lowest BCUT2D eigenvalue weighted by Gasteiger charge is -2.18. The number of carboxylic acid groups (broad SMARTS) is 1. The van der Waals surface area contributed by atoms with E-state index >= 15 is 0 Å². The third kappa shape index (κ3) is 4.21. The molecule has 0 radical (unpaired) electrons. The maximum Gasteiger partial charge on any atom is 0.394 e. The second-order valence-corrected chi connectivity index (χ2v) is 7.32. The quantitative estimate of drug-likeness (QED) is 0.822. The summed E-state index contributed by atoms with van der Waals surface area (Å²) in [6.07, 6.45) is -4.68. The van der Waals surface area contributed by atoms with E-state index in [1.807, 2.05) is 12.3 Å². The molecule has 3 rings (SSSR count). The average molecular weight is 399 g/mol. The number of aliphatic carboxylic acids is 1. The van der Waals surface area contributed by atoms with Gasteiger partial charge in [-0.05, 0) is 19.1 Å². The van der Waals surface area contributed by atoms with E-state index in [0.717, 1.165) is 21.2 Å². The Kier molecular flexibility index (Phi) is 5.09. The summed E-state index contributed by atoms with van der Waals surface area (Å²) in [4.78, 5) is 28.6. The van der Waals surface area contributed by atoms with Crippen molar-refractivity contribution in [1.29, 1.82) is 0 Å². The van der Waals surface area contributed by atoms with Crippen LogP contribution in [0.25, 0.3) is 11.3 Å². The molecule has 1 saturated heterocycles. The Morgan fingerprint density at radius 1 is 1.26 bits per heavy atom. The molecule has 1 aromatic carbocycles. The molecule has 27 heavy (non-hydrogen) atoms. The molecule has 1 aromatic heterocycles. The number of aromatic nitrogens is 1. The van der Waals surface area contributed by atoms with Crippen LogP contribution in [0.1, 0.15) is 5.01 Å². The number of rotatable bonds is 3. The number of urea groups is 1. The largest absolute Gasteiger partial charge is 0.481 e. The molecule has 6 nitrogen and oxygen atoms in total. The molecule has 0 spiro atoms. The molecule has 0 unspecified atom stereocenters. The molecule has 1 fully saturated rings. The Labute approximate surface area is 156 Å². The van der Waals surface area contributed by atoms with Crippen LogP contribution in [0.3, 0.4) is 0 Å². The number of carbonyl (C=O) groups is 2. The lowest BCUT2D eigenvalue weighted by atomic mass is 9.96. The fourth-order valence-electron chi connectivity index (χ4n) is 2.97. The first-order valence-electron chi connectivity index (χ1n) is 8.03. The molecule has 10 heteroatoms. The van der Waals surface area contributed by atoms with Gasteiger partial charge in [-0.3, -0.25) is 4.79 Å². The number of nitrogens with one attached hydrogen (secondary N) is 1. The van der Waals surface area contributed by atoms with Gasteiger partial charge in [-0.2, -0.15) is 13.2 Å². The number of carbonyl (C=O) groups excluding carboxylic acids is 1. The predicted molar refractivity (Wildman–Crippen MR) is 93.5 cm³/mol. The SMILES string of the molecule is Cc1nc(-c2ccc(NC(=O)N3C[C@@H](C(F)(F)F)[C@H](C(=O)O)C3)cc2)cs1. The molecular weight excluding hydrogens is 383 g/mol. The number of carboxylic acids is 1. The Bertz CT molecular complexity index is 851. The van der Waals surface area contributed by atoms with E-state index in [-0.39, 0.29) is 0 Å². The number of hydrogen-bond acceptors (Lipinski definition) is 4. The number of thiazole rings is 1. The van der Waals surface area contributed by atoms with Crippen molar-refractivity contribution in [1.82, 2.24) is 9.88 Å². The molecule has 2 amide bonds.